The Morgan fingerprint density at radius 1 is 0.853 bits per heavy atom. The van der Waals surface area contributed by atoms with E-state index in [9.17, 15) is 14.7 Å². The van der Waals surface area contributed by atoms with E-state index < -0.39 is 17.9 Å². The summed E-state index contributed by atoms with van der Waals surface area (Å²) in [5.41, 5.74) is 5.50. The lowest BCUT2D eigenvalue weighted by Gasteiger charge is -2.18. The third-order valence-electron chi connectivity index (χ3n) is 6.02. The normalized spacial score (nSPS) is 11.5. The zero-order valence-electron chi connectivity index (χ0n) is 20.1. The molecule has 0 aromatic heterocycles. The molecule has 34 heavy (non-hydrogen) atoms. The fraction of sp³-hybridized carbons (Fsp3) is 0.286. The average Bonchev–Trinajstić information content (AvgIpc) is 2.81. The van der Waals surface area contributed by atoms with Crippen LogP contribution in [0.4, 0.5) is 0 Å². The van der Waals surface area contributed by atoms with E-state index in [4.69, 9.17) is 9.47 Å². The van der Waals surface area contributed by atoms with E-state index in [2.05, 4.69) is 31.3 Å². The summed E-state index contributed by atoms with van der Waals surface area (Å²) in [6.45, 7) is 8.46. The van der Waals surface area contributed by atoms with Crippen LogP contribution in [0.2, 0.25) is 0 Å². The standard InChI is InChI=1S/C28H31NO5/c1-18-9-8-10-19(2)24(18)17-34-26-14-13-23(20(3)21(26)4)27(30)29-25(28(31)32)15-16-33-22-11-6-5-7-12-22/h5-14,25H,15-17H2,1-4H3,(H,29,30)(H,31,32). The van der Waals surface area contributed by atoms with Gasteiger partial charge in [0.15, 0.2) is 0 Å². The summed E-state index contributed by atoms with van der Waals surface area (Å²) in [7, 11) is 0. The third kappa shape index (κ3) is 6.16. The first-order chi connectivity index (χ1) is 16.3. The van der Waals surface area contributed by atoms with Crippen molar-refractivity contribution < 1.29 is 24.2 Å². The first-order valence-electron chi connectivity index (χ1n) is 11.3. The monoisotopic (exact) mass is 461 g/mol. The smallest absolute Gasteiger partial charge is 0.326 e. The number of aliphatic carboxylic acids is 1. The number of rotatable bonds is 10. The van der Waals surface area contributed by atoms with Crippen molar-refractivity contribution in [3.8, 4) is 11.5 Å². The van der Waals surface area contributed by atoms with Gasteiger partial charge in [-0.05, 0) is 79.8 Å². The Morgan fingerprint density at radius 3 is 2.18 bits per heavy atom. The van der Waals surface area contributed by atoms with Crippen LogP contribution < -0.4 is 14.8 Å². The van der Waals surface area contributed by atoms with Gasteiger partial charge in [-0.1, -0.05) is 36.4 Å². The number of hydrogen-bond donors (Lipinski definition) is 2. The van der Waals surface area contributed by atoms with Crippen molar-refractivity contribution in [2.45, 2.75) is 46.8 Å². The zero-order chi connectivity index (χ0) is 24.7. The predicted molar refractivity (Wildman–Crippen MR) is 132 cm³/mol. The Balaban J connectivity index is 1.65. The van der Waals surface area contributed by atoms with Crippen LogP contribution >= 0.6 is 0 Å². The maximum Gasteiger partial charge on any atom is 0.326 e. The van der Waals surface area contributed by atoms with E-state index in [1.54, 1.807) is 24.3 Å². The molecule has 6 heteroatoms. The summed E-state index contributed by atoms with van der Waals surface area (Å²) in [5.74, 6) is -0.189. The molecule has 1 atom stereocenters. The number of amides is 1. The van der Waals surface area contributed by atoms with E-state index in [-0.39, 0.29) is 13.0 Å². The molecule has 0 bridgehead atoms. The second-order valence-electron chi connectivity index (χ2n) is 8.33. The molecule has 2 N–H and O–H groups in total. The van der Waals surface area contributed by atoms with Gasteiger partial charge in [0.25, 0.3) is 5.91 Å². The van der Waals surface area contributed by atoms with Crippen LogP contribution in [0.25, 0.3) is 0 Å². The zero-order valence-corrected chi connectivity index (χ0v) is 20.1. The van der Waals surface area contributed by atoms with Crippen LogP contribution in [-0.4, -0.2) is 29.6 Å². The molecule has 0 saturated heterocycles. The van der Waals surface area contributed by atoms with Crippen LogP contribution in [-0.2, 0) is 11.4 Å². The fourth-order valence-electron chi connectivity index (χ4n) is 3.73. The number of ether oxygens (including phenoxy) is 2. The van der Waals surface area contributed by atoms with E-state index in [0.29, 0.717) is 23.7 Å². The van der Waals surface area contributed by atoms with Gasteiger partial charge in [0.1, 0.15) is 24.1 Å². The van der Waals surface area contributed by atoms with Gasteiger partial charge in [-0.25, -0.2) is 4.79 Å². The highest BCUT2D eigenvalue weighted by atomic mass is 16.5. The van der Waals surface area contributed by atoms with Gasteiger partial charge in [-0.3, -0.25) is 4.79 Å². The third-order valence-corrected chi connectivity index (χ3v) is 6.02. The number of carboxylic acid groups (broad SMARTS) is 1. The van der Waals surface area contributed by atoms with E-state index in [0.717, 1.165) is 16.7 Å². The van der Waals surface area contributed by atoms with Crippen LogP contribution in [0.3, 0.4) is 0 Å². The number of aryl methyl sites for hydroxylation is 2. The Hall–Kier alpha value is -3.80. The Bertz CT molecular complexity index is 1140. The van der Waals surface area contributed by atoms with E-state index in [1.807, 2.05) is 38.1 Å². The lowest BCUT2D eigenvalue weighted by molar-refractivity contribution is -0.139. The maximum atomic E-state index is 12.9. The molecule has 0 spiro atoms. The van der Waals surface area contributed by atoms with Gasteiger partial charge in [0.2, 0.25) is 0 Å². The highest BCUT2D eigenvalue weighted by Gasteiger charge is 2.22. The van der Waals surface area contributed by atoms with Gasteiger partial charge >= 0.3 is 5.97 Å². The van der Waals surface area contributed by atoms with Gasteiger partial charge in [0.05, 0.1) is 6.61 Å². The van der Waals surface area contributed by atoms with Crippen LogP contribution in [0.5, 0.6) is 11.5 Å². The number of carboxylic acids is 1. The van der Waals surface area contributed by atoms with Crippen LogP contribution in [0.15, 0.2) is 60.7 Å². The maximum absolute atomic E-state index is 12.9. The second kappa shape index (κ2) is 11.4. The number of carbonyl (C=O) groups excluding carboxylic acids is 1. The Labute approximate surface area is 200 Å². The summed E-state index contributed by atoms with van der Waals surface area (Å²) in [4.78, 5) is 24.6. The summed E-state index contributed by atoms with van der Waals surface area (Å²) < 4.78 is 11.7. The predicted octanol–water partition coefficient (Wildman–Crippen LogP) is 5.15. The molecule has 3 rings (SSSR count). The molecule has 0 aliphatic rings. The van der Waals surface area contributed by atoms with Crippen molar-refractivity contribution in [3.05, 3.63) is 94.0 Å². The molecule has 3 aromatic rings. The highest BCUT2D eigenvalue weighted by Crippen LogP contribution is 2.26. The molecule has 0 aliphatic carbocycles. The molecule has 3 aromatic carbocycles. The van der Waals surface area contributed by atoms with E-state index in [1.165, 1.54) is 11.1 Å². The van der Waals surface area contributed by atoms with Crippen LogP contribution in [0, 0.1) is 27.7 Å². The summed E-state index contributed by atoms with van der Waals surface area (Å²) in [5, 5.41) is 12.2. The number of para-hydroxylation sites is 1. The molecule has 0 aliphatic heterocycles. The van der Waals surface area contributed by atoms with E-state index >= 15 is 0 Å². The number of nitrogens with one attached hydrogen (secondary N) is 1. The summed E-state index contributed by atoms with van der Waals surface area (Å²) >= 11 is 0. The van der Waals surface area contributed by atoms with Crippen molar-refractivity contribution in [2.24, 2.45) is 0 Å². The quantitative estimate of drug-likeness (QED) is 0.436. The van der Waals surface area contributed by atoms with Crippen molar-refractivity contribution in [2.75, 3.05) is 6.61 Å². The SMILES string of the molecule is Cc1cccc(C)c1COc1ccc(C(=O)NC(CCOc2ccccc2)C(=O)O)c(C)c1C. The van der Waals surface area contributed by atoms with Gasteiger partial charge in [0, 0.05) is 12.0 Å². The minimum atomic E-state index is -1.10. The van der Waals surface area contributed by atoms with Crippen molar-refractivity contribution >= 4 is 11.9 Å². The largest absolute Gasteiger partial charge is 0.494 e. The average molecular weight is 462 g/mol. The topological polar surface area (TPSA) is 84.9 Å². The Kier molecular flexibility index (Phi) is 8.30. The van der Waals surface area contributed by atoms with Gasteiger partial charge in [-0.15, -0.1) is 0 Å². The molecule has 1 amide bonds. The minimum Gasteiger partial charge on any atom is -0.494 e. The number of hydrogen-bond acceptors (Lipinski definition) is 4. The lowest BCUT2D eigenvalue weighted by Crippen LogP contribution is -2.42. The van der Waals surface area contributed by atoms with Crippen molar-refractivity contribution in [3.63, 3.8) is 0 Å². The molecule has 1 unspecified atom stereocenters. The van der Waals surface area contributed by atoms with Crippen molar-refractivity contribution in [1.29, 1.82) is 0 Å². The molecule has 0 saturated carbocycles. The van der Waals surface area contributed by atoms with Gasteiger partial charge < -0.3 is 19.9 Å². The minimum absolute atomic E-state index is 0.144. The second-order valence-corrected chi connectivity index (χ2v) is 8.33. The van der Waals surface area contributed by atoms with Crippen molar-refractivity contribution in [1.82, 2.24) is 5.32 Å². The van der Waals surface area contributed by atoms with Gasteiger partial charge in [-0.2, -0.15) is 0 Å². The molecule has 6 nitrogen and oxygen atoms in total. The summed E-state index contributed by atoms with van der Waals surface area (Å²) in [6, 6.07) is 17.7. The molecule has 178 valence electrons. The fourth-order valence-corrected chi connectivity index (χ4v) is 3.73. The molecule has 0 radical (unpaired) electrons. The van der Waals surface area contributed by atoms with Crippen LogP contribution in [0.1, 0.15) is 44.6 Å². The number of carbonyl (C=O) groups is 2. The molecular weight excluding hydrogens is 430 g/mol. The molecule has 0 heterocycles. The highest BCUT2D eigenvalue weighted by molar-refractivity contribution is 5.98. The lowest BCUT2D eigenvalue weighted by atomic mass is 10.0. The molecular formula is C28H31NO5. The Morgan fingerprint density at radius 2 is 1.53 bits per heavy atom. The molecule has 0 fully saturated rings. The summed E-state index contributed by atoms with van der Waals surface area (Å²) in [6.07, 6.45) is 0.144. The first-order valence-corrected chi connectivity index (χ1v) is 11.3. The first kappa shape index (κ1) is 24.8. The number of benzene rings is 3.